The van der Waals surface area contributed by atoms with Gasteiger partial charge in [-0.15, -0.1) is 0 Å². The SMILES string of the molecule is COc1cc2[nH]c(=S)[n+](CCc3c[nH]c4ccccc34)c(N)c2cc1OC. The summed E-state index contributed by atoms with van der Waals surface area (Å²) in [6.45, 7) is 0.674. The summed E-state index contributed by atoms with van der Waals surface area (Å²) in [5.41, 5.74) is 9.64. The number of benzene rings is 2. The largest absolute Gasteiger partial charge is 0.493 e. The summed E-state index contributed by atoms with van der Waals surface area (Å²) in [6, 6.07) is 12.0. The topological polar surface area (TPSA) is 79.9 Å². The van der Waals surface area contributed by atoms with Crippen LogP contribution in [0.25, 0.3) is 21.8 Å². The molecule has 6 nitrogen and oxygen atoms in total. The number of rotatable bonds is 5. The number of aromatic amines is 2. The van der Waals surface area contributed by atoms with Crippen LogP contribution in [0.1, 0.15) is 5.56 Å². The van der Waals surface area contributed by atoms with Gasteiger partial charge in [-0.2, -0.15) is 0 Å². The molecule has 0 spiro atoms. The fraction of sp³-hybridized carbons (Fsp3) is 0.200. The van der Waals surface area contributed by atoms with E-state index in [0.717, 1.165) is 22.8 Å². The van der Waals surface area contributed by atoms with Gasteiger partial charge < -0.3 is 20.2 Å². The number of anilines is 1. The standard InChI is InChI=1S/C20H20N4O2S/c1-25-17-9-14-16(10-18(17)26-2)23-20(27)24(19(14)21)8-7-12-11-22-15-6-4-3-5-13(12)15/h3-6,9-11,22H,7-8H2,1-2H3,(H2,21,23,27)/p+1. The van der Waals surface area contributed by atoms with Gasteiger partial charge in [0.1, 0.15) is 5.52 Å². The van der Waals surface area contributed by atoms with E-state index < -0.39 is 0 Å². The number of ether oxygens (including phenoxy) is 2. The number of nitrogens with one attached hydrogen (secondary N) is 2. The van der Waals surface area contributed by atoms with Crippen molar-refractivity contribution in [1.29, 1.82) is 0 Å². The van der Waals surface area contributed by atoms with Crippen molar-refractivity contribution in [3.8, 4) is 11.5 Å². The Kier molecular flexibility index (Phi) is 4.45. The van der Waals surface area contributed by atoms with Crippen molar-refractivity contribution in [2.45, 2.75) is 13.0 Å². The van der Waals surface area contributed by atoms with Crippen molar-refractivity contribution in [2.75, 3.05) is 20.0 Å². The van der Waals surface area contributed by atoms with Crippen molar-refractivity contribution in [3.63, 3.8) is 0 Å². The number of hydrogen-bond donors (Lipinski definition) is 3. The van der Waals surface area contributed by atoms with Crippen LogP contribution in [0.2, 0.25) is 0 Å². The van der Waals surface area contributed by atoms with Crippen molar-refractivity contribution < 1.29 is 14.0 Å². The summed E-state index contributed by atoms with van der Waals surface area (Å²) >= 11 is 5.55. The minimum atomic E-state index is 0.576. The van der Waals surface area contributed by atoms with Crippen LogP contribution in [0.15, 0.2) is 42.6 Å². The lowest BCUT2D eigenvalue weighted by molar-refractivity contribution is -0.690. The number of nitrogen functional groups attached to an aromatic ring is 1. The highest BCUT2D eigenvalue weighted by molar-refractivity contribution is 7.71. The summed E-state index contributed by atoms with van der Waals surface area (Å²) in [7, 11) is 3.21. The van der Waals surface area contributed by atoms with Crippen LogP contribution in [0, 0.1) is 4.77 Å². The quantitative estimate of drug-likeness (QED) is 0.365. The van der Waals surface area contributed by atoms with Gasteiger partial charge >= 0.3 is 0 Å². The molecule has 138 valence electrons. The number of fused-ring (bicyclic) bond motifs is 2. The molecule has 2 aromatic heterocycles. The molecule has 27 heavy (non-hydrogen) atoms. The van der Waals surface area contributed by atoms with E-state index in [1.54, 1.807) is 14.2 Å². The molecule has 4 rings (SSSR count). The molecule has 2 heterocycles. The first-order valence-corrected chi connectivity index (χ1v) is 9.05. The van der Waals surface area contributed by atoms with Gasteiger partial charge in [0.15, 0.2) is 11.5 Å². The lowest BCUT2D eigenvalue weighted by atomic mass is 10.1. The Morgan fingerprint density at radius 3 is 2.56 bits per heavy atom. The zero-order valence-electron chi connectivity index (χ0n) is 15.2. The van der Waals surface area contributed by atoms with Crippen molar-refractivity contribution in [1.82, 2.24) is 9.97 Å². The lowest BCUT2D eigenvalue weighted by Crippen LogP contribution is -2.40. The van der Waals surface area contributed by atoms with Crippen LogP contribution in [0.3, 0.4) is 0 Å². The number of aryl methyl sites for hydroxylation is 1. The van der Waals surface area contributed by atoms with Gasteiger partial charge in [-0.25, -0.2) is 4.57 Å². The molecule has 7 heteroatoms. The number of para-hydroxylation sites is 1. The molecule has 0 aliphatic carbocycles. The Morgan fingerprint density at radius 1 is 1.04 bits per heavy atom. The molecule has 0 bridgehead atoms. The van der Waals surface area contributed by atoms with E-state index in [0.29, 0.717) is 28.6 Å². The minimum Gasteiger partial charge on any atom is -0.493 e. The minimum absolute atomic E-state index is 0.576. The van der Waals surface area contributed by atoms with Gasteiger partial charge in [-0.05, 0) is 23.8 Å². The van der Waals surface area contributed by atoms with E-state index in [1.807, 2.05) is 35.0 Å². The number of nitrogens with two attached hydrogens (primary N) is 1. The Morgan fingerprint density at radius 2 is 1.78 bits per heavy atom. The molecule has 0 amide bonds. The number of methoxy groups -OCH3 is 2. The Labute approximate surface area is 161 Å². The molecule has 0 aliphatic rings. The molecule has 0 fully saturated rings. The smallest absolute Gasteiger partial charge is 0.295 e. The number of hydrogen-bond acceptors (Lipinski definition) is 4. The highest BCUT2D eigenvalue weighted by Gasteiger charge is 2.17. The summed E-state index contributed by atoms with van der Waals surface area (Å²) < 4.78 is 13.3. The van der Waals surface area contributed by atoms with E-state index >= 15 is 0 Å². The summed E-state index contributed by atoms with van der Waals surface area (Å²) in [5, 5.41) is 2.07. The third-order valence-corrected chi connectivity index (χ3v) is 5.18. The van der Waals surface area contributed by atoms with Crippen LogP contribution in [-0.4, -0.2) is 24.2 Å². The van der Waals surface area contributed by atoms with Crippen LogP contribution in [0.4, 0.5) is 5.82 Å². The summed E-state index contributed by atoms with van der Waals surface area (Å²) in [6.07, 6.45) is 2.86. The molecule has 0 atom stereocenters. The summed E-state index contributed by atoms with van der Waals surface area (Å²) in [5.74, 6) is 1.87. The second kappa shape index (κ2) is 6.92. The summed E-state index contributed by atoms with van der Waals surface area (Å²) in [4.78, 5) is 6.55. The van der Waals surface area contributed by atoms with Crippen molar-refractivity contribution in [2.24, 2.45) is 0 Å². The lowest BCUT2D eigenvalue weighted by Gasteiger charge is -2.11. The second-order valence-electron chi connectivity index (χ2n) is 6.33. The van der Waals surface area contributed by atoms with Gasteiger partial charge in [0.2, 0.25) is 5.82 Å². The number of H-pyrrole nitrogens is 2. The Hall–Kier alpha value is -3.06. The van der Waals surface area contributed by atoms with E-state index in [-0.39, 0.29) is 0 Å². The maximum atomic E-state index is 6.46. The zero-order valence-corrected chi connectivity index (χ0v) is 16.0. The first kappa shape index (κ1) is 17.4. The molecule has 2 aromatic carbocycles. The van der Waals surface area contributed by atoms with Crippen LogP contribution in [-0.2, 0) is 13.0 Å². The highest BCUT2D eigenvalue weighted by atomic mass is 32.1. The molecule has 0 saturated carbocycles. The highest BCUT2D eigenvalue weighted by Crippen LogP contribution is 2.32. The van der Waals surface area contributed by atoms with E-state index in [1.165, 1.54) is 10.9 Å². The van der Waals surface area contributed by atoms with Gasteiger partial charge in [0.05, 0.1) is 26.2 Å². The molecule has 0 saturated heterocycles. The normalized spacial score (nSPS) is 11.2. The average molecular weight is 381 g/mol. The third-order valence-electron chi connectivity index (χ3n) is 4.86. The maximum Gasteiger partial charge on any atom is 0.295 e. The average Bonchev–Trinajstić information content (AvgIpc) is 3.10. The predicted octanol–water partition coefficient (Wildman–Crippen LogP) is 3.51. The molecular weight excluding hydrogens is 360 g/mol. The van der Waals surface area contributed by atoms with Crippen LogP contribution >= 0.6 is 12.2 Å². The monoisotopic (exact) mass is 381 g/mol. The zero-order chi connectivity index (χ0) is 19.0. The van der Waals surface area contributed by atoms with E-state index in [9.17, 15) is 0 Å². The van der Waals surface area contributed by atoms with Gasteiger partial charge in [-0.1, -0.05) is 18.2 Å². The predicted molar refractivity (Wildman–Crippen MR) is 109 cm³/mol. The molecule has 4 N–H and O–H groups in total. The van der Waals surface area contributed by atoms with Gasteiger partial charge in [0, 0.05) is 35.7 Å². The molecule has 0 radical (unpaired) electrons. The Balaban J connectivity index is 1.74. The van der Waals surface area contributed by atoms with Gasteiger partial charge in [-0.3, -0.25) is 4.98 Å². The first-order valence-electron chi connectivity index (χ1n) is 8.64. The van der Waals surface area contributed by atoms with E-state index in [2.05, 4.69) is 22.1 Å². The van der Waals surface area contributed by atoms with E-state index in [4.69, 9.17) is 27.4 Å². The first-order chi connectivity index (χ1) is 13.1. The molecule has 0 unspecified atom stereocenters. The molecular formula is C20H21N4O2S+. The Bertz CT molecular complexity index is 1200. The molecule has 4 aromatic rings. The van der Waals surface area contributed by atoms with Crippen molar-refractivity contribution in [3.05, 3.63) is 52.9 Å². The van der Waals surface area contributed by atoms with Crippen LogP contribution < -0.4 is 19.8 Å². The van der Waals surface area contributed by atoms with Crippen molar-refractivity contribution >= 4 is 39.8 Å². The fourth-order valence-corrected chi connectivity index (χ4v) is 3.72. The fourth-order valence-electron chi connectivity index (χ4n) is 3.42. The maximum absolute atomic E-state index is 6.46. The van der Waals surface area contributed by atoms with Crippen LogP contribution in [0.5, 0.6) is 11.5 Å². The number of aromatic nitrogens is 3. The molecule has 0 aliphatic heterocycles. The van der Waals surface area contributed by atoms with Gasteiger partial charge in [0.25, 0.3) is 4.77 Å². The third kappa shape index (κ3) is 3.00. The number of nitrogens with zero attached hydrogens (tertiary/aromatic N) is 1. The second-order valence-corrected chi connectivity index (χ2v) is 6.72.